The first kappa shape index (κ1) is 20.3. The van der Waals surface area contributed by atoms with Gasteiger partial charge in [0, 0.05) is 24.3 Å². The molecule has 0 amide bonds. The Balaban J connectivity index is 1.80. The molecule has 1 fully saturated rings. The van der Waals surface area contributed by atoms with Crippen LogP contribution in [-0.2, 0) is 4.74 Å². The maximum Gasteiger partial charge on any atom is 0.280 e. The second-order valence-electron chi connectivity index (χ2n) is 6.37. The average Bonchev–Trinajstić information content (AvgIpc) is 2.77. The Bertz CT molecular complexity index is 918. The topological polar surface area (TPSA) is 91.1 Å². The van der Waals surface area contributed by atoms with Crippen molar-refractivity contribution < 1.29 is 23.9 Å². The van der Waals surface area contributed by atoms with Crippen LogP contribution < -0.4 is 14.4 Å². The number of morpholine rings is 1. The first-order valence-corrected chi connectivity index (χ1v) is 9.09. The largest absolute Gasteiger partial charge is 0.493 e. The van der Waals surface area contributed by atoms with Gasteiger partial charge < -0.3 is 19.1 Å². The van der Waals surface area contributed by atoms with Crippen LogP contribution in [0.3, 0.4) is 0 Å². The van der Waals surface area contributed by atoms with Gasteiger partial charge in [-0.2, -0.15) is 0 Å². The van der Waals surface area contributed by atoms with E-state index in [1.807, 2.05) is 12.1 Å². The normalized spacial score (nSPS) is 14.1. The van der Waals surface area contributed by atoms with Crippen LogP contribution in [-0.4, -0.2) is 51.2 Å². The van der Waals surface area contributed by atoms with E-state index in [9.17, 15) is 14.9 Å². The third kappa shape index (κ3) is 4.72. The van der Waals surface area contributed by atoms with E-state index in [0.29, 0.717) is 24.5 Å². The van der Waals surface area contributed by atoms with Crippen LogP contribution >= 0.6 is 0 Å². The van der Waals surface area contributed by atoms with Crippen LogP contribution in [0.1, 0.15) is 15.9 Å². The number of hydrogen-bond donors (Lipinski definition) is 0. The Labute approximate surface area is 168 Å². The summed E-state index contributed by atoms with van der Waals surface area (Å²) in [6.45, 7) is 3.01. The number of anilines is 1. The van der Waals surface area contributed by atoms with E-state index >= 15 is 0 Å². The molecule has 0 aliphatic carbocycles. The second-order valence-corrected chi connectivity index (χ2v) is 6.37. The molecule has 0 saturated carbocycles. The van der Waals surface area contributed by atoms with Crippen LogP contribution in [0.2, 0.25) is 0 Å². The summed E-state index contributed by atoms with van der Waals surface area (Å²) in [5.41, 5.74) is 1.62. The van der Waals surface area contributed by atoms with Crippen molar-refractivity contribution in [3.8, 4) is 11.5 Å². The quantitative estimate of drug-likeness (QED) is 0.306. The minimum Gasteiger partial charge on any atom is -0.493 e. The number of methoxy groups -OCH3 is 2. The SMILES string of the molecule is COc1cc(/C=C/C(=O)c2ccc(N3CCOCC3)cc2)c([N+](=O)[O-])cc1OC. The Morgan fingerprint density at radius 3 is 2.31 bits per heavy atom. The highest BCUT2D eigenvalue weighted by atomic mass is 16.6. The molecule has 1 heterocycles. The Morgan fingerprint density at radius 2 is 1.72 bits per heavy atom. The summed E-state index contributed by atoms with van der Waals surface area (Å²) in [4.78, 5) is 25.6. The lowest BCUT2D eigenvalue weighted by atomic mass is 10.1. The molecule has 152 valence electrons. The lowest BCUT2D eigenvalue weighted by Gasteiger charge is -2.28. The van der Waals surface area contributed by atoms with Crippen molar-refractivity contribution in [3.63, 3.8) is 0 Å². The van der Waals surface area contributed by atoms with Gasteiger partial charge in [-0.25, -0.2) is 0 Å². The minimum absolute atomic E-state index is 0.172. The van der Waals surface area contributed by atoms with Crippen LogP contribution in [0.15, 0.2) is 42.5 Å². The third-order valence-corrected chi connectivity index (χ3v) is 4.67. The maximum absolute atomic E-state index is 12.5. The van der Waals surface area contributed by atoms with Gasteiger partial charge in [0.15, 0.2) is 17.3 Å². The number of benzene rings is 2. The Morgan fingerprint density at radius 1 is 1.10 bits per heavy atom. The van der Waals surface area contributed by atoms with E-state index in [1.165, 1.54) is 38.5 Å². The van der Waals surface area contributed by atoms with Crippen molar-refractivity contribution in [2.45, 2.75) is 0 Å². The predicted molar refractivity (Wildman–Crippen MR) is 109 cm³/mol. The zero-order valence-electron chi connectivity index (χ0n) is 16.3. The van der Waals surface area contributed by atoms with Gasteiger partial charge in [0.2, 0.25) is 0 Å². The molecule has 0 N–H and O–H groups in total. The van der Waals surface area contributed by atoms with Gasteiger partial charge in [0.1, 0.15) is 0 Å². The van der Waals surface area contributed by atoms with Gasteiger partial charge in [0.25, 0.3) is 5.69 Å². The smallest absolute Gasteiger partial charge is 0.280 e. The molecular weight excluding hydrogens is 376 g/mol. The molecule has 0 spiro atoms. The minimum atomic E-state index is -0.525. The van der Waals surface area contributed by atoms with E-state index in [0.717, 1.165) is 18.8 Å². The lowest BCUT2D eigenvalue weighted by Crippen LogP contribution is -2.36. The number of allylic oxidation sites excluding steroid dienone is 1. The highest BCUT2D eigenvalue weighted by Gasteiger charge is 2.18. The number of nitrogens with zero attached hydrogens (tertiary/aromatic N) is 2. The number of hydrogen-bond acceptors (Lipinski definition) is 7. The summed E-state index contributed by atoms with van der Waals surface area (Å²) in [6.07, 6.45) is 2.73. The first-order valence-electron chi connectivity index (χ1n) is 9.09. The van der Waals surface area contributed by atoms with Gasteiger partial charge in [-0.05, 0) is 42.5 Å². The van der Waals surface area contributed by atoms with Gasteiger partial charge in [-0.1, -0.05) is 0 Å². The average molecular weight is 398 g/mol. The summed E-state index contributed by atoms with van der Waals surface area (Å²) < 4.78 is 15.6. The molecule has 8 nitrogen and oxygen atoms in total. The summed E-state index contributed by atoms with van der Waals surface area (Å²) >= 11 is 0. The predicted octanol–water partition coefficient (Wildman–Crippen LogP) is 3.34. The summed E-state index contributed by atoms with van der Waals surface area (Å²) in [6, 6.07) is 10.0. The van der Waals surface area contributed by atoms with Crippen LogP contribution in [0.5, 0.6) is 11.5 Å². The van der Waals surface area contributed by atoms with E-state index in [-0.39, 0.29) is 22.8 Å². The molecule has 8 heteroatoms. The fraction of sp³-hybridized carbons (Fsp3) is 0.286. The van der Waals surface area contributed by atoms with E-state index in [4.69, 9.17) is 14.2 Å². The highest BCUT2D eigenvalue weighted by Crippen LogP contribution is 2.35. The molecule has 1 aliphatic heterocycles. The third-order valence-electron chi connectivity index (χ3n) is 4.67. The molecule has 0 bridgehead atoms. The molecule has 1 saturated heterocycles. The standard InChI is InChI=1S/C21H22N2O6/c1-27-20-13-16(18(23(25)26)14-21(20)28-2)5-8-19(24)15-3-6-17(7-4-15)22-9-11-29-12-10-22/h3-8,13-14H,9-12H2,1-2H3/b8-5+. The second kappa shape index (κ2) is 9.20. The van der Waals surface area contributed by atoms with Gasteiger partial charge >= 0.3 is 0 Å². The zero-order valence-corrected chi connectivity index (χ0v) is 16.3. The molecule has 3 rings (SSSR count). The Hall–Kier alpha value is -3.39. The number of ether oxygens (including phenoxy) is 3. The summed E-state index contributed by atoms with van der Waals surface area (Å²) in [5, 5.41) is 11.4. The molecular formula is C21H22N2O6. The molecule has 2 aromatic carbocycles. The zero-order chi connectivity index (χ0) is 20.8. The molecule has 2 aromatic rings. The van der Waals surface area contributed by atoms with Gasteiger partial charge in [0.05, 0.1) is 44.0 Å². The Kier molecular flexibility index (Phi) is 6.46. The van der Waals surface area contributed by atoms with Crippen molar-refractivity contribution in [2.24, 2.45) is 0 Å². The maximum atomic E-state index is 12.5. The summed E-state index contributed by atoms with van der Waals surface area (Å²) in [5.74, 6) is 0.351. The number of rotatable bonds is 7. The summed E-state index contributed by atoms with van der Waals surface area (Å²) in [7, 11) is 2.85. The van der Waals surface area contributed by atoms with Crippen LogP contribution in [0.25, 0.3) is 6.08 Å². The van der Waals surface area contributed by atoms with Crippen molar-refractivity contribution in [2.75, 3.05) is 45.4 Å². The lowest BCUT2D eigenvalue weighted by molar-refractivity contribution is -0.385. The van der Waals surface area contributed by atoms with Crippen LogP contribution in [0, 0.1) is 10.1 Å². The highest BCUT2D eigenvalue weighted by molar-refractivity contribution is 6.07. The first-order chi connectivity index (χ1) is 14.0. The molecule has 0 unspecified atom stereocenters. The molecule has 1 aliphatic rings. The fourth-order valence-corrected chi connectivity index (χ4v) is 3.10. The van der Waals surface area contributed by atoms with Gasteiger partial charge in [-0.3, -0.25) is 14.9 Å². The number of carbonyl (C=O) groups is 1. The van der Waals surface area contributed by atoms with Crippen molar-refractivity contribution in [3.05, 3.63) is 63.7 Å². The molecule has 0 radical (unpaired) electrons. The molecule has 0 aromatic heterocycles. The van der Waals surface area contributed by atoms with E-state index in [1.54, 1.807) is 12.1 Å². The monoisotopic (exact) mass is 398 g/mol. The number of ketones is 1. The van der Waals surface area contributed by atoms with E-state index in [2.05, 4.69) is 4.90 Å². The molecule has 29 heavy (non-hydrogen) atoms. The van der Waals surface area contributed by atoms with Crippen molar-refractivity contribution >= 4 is 23.2 Å². The van der Waals surface area contributed by atoms with Crippen molar-refractivity contribution in [1.29, 1.82) is 0 Å². The number of nitro groups is 1. The van der Waals surface area contributed by atoms with Crippen LogP contribution in [0.4, 0.5) is 11.4 Å². The number of nitro benzene ring substituents is 1. The fourth-order valence-electron chi connectivity index (χ4n) is 3.10. The van der Waals surface area contributed by atoms with Gasteiger partial charge in [-0.15, -0.1) is 0 Å². The number of carbonyl (C=O) groups excluding carboxylic acids is 1. The van der Waals surface area contributed by atoms with E-state index < -0.39 is 4.92 Å². The van der Waals surface area contributed by atoms with Crippen molar-refractivity contribution in [1.82, 2.24) is 0 Å². The molecule has 0 atom stereocenters.